The number of rotatable bonds is 17. The van der Waals surface area contributed by atoms with Gasteiger partial charge in [-0.2, -0.15) is 0 Å². The number of non-ortho nitro benzene ring substituents is 2. The third-order valence-electron chi connectivity index (χ3n) is 6.47. The average Bonchev–Trinajstić information content (AvgIpc) is 2.97. The molecule has 2 aromatic carbocycles. The van der Waals surface area contributed by atoms with Crippen LogP contribution in [0.5, 0.6) is 0 Å². The normalized spacial score (nSPS) is 12.1. The van der Waals surface area contributed by atoms with E-state index in [2.05, 4.69) is 4.98 Å². The number of nitrogens with one attached hydrogen (secondary N) is 1. The number of Topliss-reactive ketones (excluding diaryl/α,β-unsaturated/α-hetero) is 1. The van der Waals surface area contributed by atoms with E-state index in [9.17, 15) is 39.2 Å². The molecule has 0 amide bonds. The minimum atomic E-state index is -4.47. The fourth-order valence-electron chi connectivity index (χ4n) is 4.20. The van der Waals surface area contributed by atoms with Crippen molar-refractivity contribution in [3.63, 3.8) is 0 Å². The number of carbonyl (C=O) groups is 1. The molecule has 0 bridgehead atoms. The van der Waals surface area contributed by atoms with Crippen LogP contribution in [0.25, 0.3) is 0 Å². The zero-order valence-corrected chi connectivity index (χ0v) is 25.1. The first kappa shape index (κ1) is 34.0. The number of nitro groups is 2. The second-order valence-electron chi connectivity index (χ2n) is 9.61. The highest BCUT2D eigenvalue weighted by Crippen LogP contribution is 2.54. The quantitative estimate of drug-likeness (QED) is 0.129. The first-order chi connectivity index (χ1) is 20.9. The zero-order chi connectivity index (χ0) is 32.4. The smallest absolute Gasteiger partial charge is 0.362 e. The number of aromatic amines is 1. The van der Waals surface area contributed by atoms with Crippen LogP contribution in [-0.4, -0.2) is 64.5 Å². The standard InChI is InChI=1S/C27H32N5O11P/c1-19-18-30(27(35)28-25(19)34)29(14-17-41-3)26(20(2)33)44(40,42-15-12-21-4-8-23(9-5-21)31(36)37)43-16-13-22-6-10-24(11-7-22)32(38)39/h4-11,18,26H,12-17H2,1-3H3,(H,28,34,35). The van der Waals surface area contributed by atoms with Crippen LogP contribution in [0.1, 0.15) is 23.6 Å². The molecule has 3 aromatic rings. The summed E-state index contributed by atoms with van der Waals surface area (Å²) in [5.74, 6) is -2.33. The SMILES string of the molecule is COCCN(C(C(C)=O)P(=O)(OCCc1ccc([N+](=O)[O-])cc1)OCCc1ccc([N+](=O)[O-])cc1)n1cc(C)c(=O)[nH]c1=O. The molecule has 0 aliphatic rings. The van der Waals surface area contributed by atoms with Crippen LogP contribution in [0.3, 0.4) is 0 Å². The van der Waals surface area contributed by atoms with E-state index in [0.29, 0.717) is 11.1 Å². The second-order valence-corrected chi connectivity index (χ2v) is 11.7. The van der Waals surface area contributed by atoms with Gasteiger partial charge in [0.2, 0.25) is 5.78 Å². The second kappa shape index (κ2) is 15.3. The lowest BCUT2D eigenvalue weighted by Gasteiger charge is -2.36. The predicted octanol–water partition coefficient (Wildman–Crippen LogP) is 2.87. The summed E-state index contributed by atoms with van der Waals surface area (Å²) in [5, 5.41) is 23.1. The van der Waals surface area contributed by atoms with Crippen LogP contribution >= 0.6 is 7.60 Å². The van der Waals surface area contributed by atoms with Crippen LogP contribution in [0.4, 0.5) is 11.4 Å². The fourth-order valence-corrected chi connectivity index (χ4v) is 6.25. The maximum Gasteiger partial charge on any atom is 0.362 e. The molecule has 236 valence electrons. The number of carbonyl (C=O) groups excluding carboxylic acids is 1. The molecule has 44 heavy (non-hydrogen) atoms. The van der Waals surface area contributed by atoms with Gasteiger partial charge in [0.05, 0.1) is 36.2 Å². The van der Waals surface area contributed by atoms with E-state index in [1.807, 2.05) is 0 Å². The Balaban J connectivity index is 1.96. The fraction of sp³-hybridized carbons (Fsp3) is 0.370. The van der Waals surface area contributed by atoms with E-state index in [4.69, 9.17) is 13.8 Å². The van der Waals surface area contributed by atoms with E-state index in [1.54, 1.807) is 0 Å². The number of H-pyrrole nitrogens is 1. The van der Waals surface area contributed by atoms with Gasteiger partial charge in [-0.3, -0.25) is 44.4 Å². The Bertz CT molecular complexity index is 1570. The zero-order valence-electron chi connectivity index (χ0n) is 24.2. The Kier molecular flexibility index (Phi) is 11.8. The monoisotopic (exact) mass is 633 g/mol. The summed E-state index contributed by atoms with van der Waals surface area (Å²) in [4.78, 5) is 61.1. The topological polar surface area (TPSA) is 206 Å². The lowest BCUT2D eigenvalue weighted by Crippen LogP contribution is -2.54. The molecule has 1 aromatic heterocycles. The van der Waals surface area contributed by atoms with Gasteiger partial charge in [-0.25, -0.2) is 9.47 Å². The number of hydrogen-bond donors (Lipinski definition) is 1. The van der Waals surface area contributed by atoms with Crippen molar-refractivity contribution in [2.75, 3.05) is 38.5 Å². The van der Waals surface area contributed by atoms with Gasteiger partial charge in [0.1, 0.15) is 0 Å². The van der Waals surface area contributed by atoms with E-state index in [-0.39, 0.29) is 56.1 Å². The molecule has 0 saturated heterocycles. The van der Waals surface area contributed by atoms with Crippen molar-refractivity contribution in [2.45, 2.75) is 32.5 Å². The number of ether oxygens (including phenoxy) is 1. The lowest BCUT2D eigenvalue weighted by molar-refractivity contribution is -0.385. The van der Waals surface area contributed by atoms with Crippen molar-refractivity contribution in [2.24, 2.45) is 0 Å². The molecule has 0 radical (unpaired) electrons. The van der Waals surface area contributed by atoms with Gasteiger partial charge >= 0.3 is 13.3 Å². The largest absolute Gasteiger partial charge is 0.383 e. The van der Waals surface area contributed by atoms with E-state index in [0.717, 1.165) is 16.6 Å². The molecule has 17 heteroatoms. The summed E-state index contributed by atoms with van der Waals surface area (Å²) in [6.45, 7) is 2.00. The predicted molar refractivity (Wildman–Crippen MR) is 159 cm³/mol. The van der Waals surface area contributed by atoms with Gasteiger partial charge < -0.3 is 13.8 Å². The molecule has 1 atom stereocenters. The van der Waals surface area contributed by atoms with Crippen molar-refractivity contribution >= 4 is 24.8 Å². The summed E-state index contributed by atoms with van der Waals surface area (Å²) in [5.41, 5.74) is -0.371. The first-order valence-corrected chi connectivity index (χ1v) is 14.9. The van der Waals surface area contributed by atoms with Crippen molar-refractivity contribution in [3.8, 4) is 0 Å². The molecule has 0 saturated carbocycles. The third-order valence-corrected chi connectivity index (χ3v) is 8.78. The molecule has 1 heterocycles. The molecule has 0 fully saturated rings. The number of nitro benzene ring substituents is 2. The molecule has 1 unspecified atom stereocenters. The third kappa shape index (κ3) is 8.76. The van der Waals surface area contributed by atoms with Gasteiger partial charge in [-0.15, -0.1) is 0 Å². The summed E-state index contributed by atoms with van der Waals surface area (Å²) in [6.07, 6.45) is 1.49. The van der Waals surface area contributed by atoms with Crippen LogP contribution in [-0.2, 0) is 36.0 Å². The Labute approximate surface area is 251 Å². The van der Waals surface area contributed by atoms with Gasteiger partial charge in [0.25, 0.3) is 16.9 Å². The van der Waals surface area contributed by atoms with Crippen LogP contribution in [0, 0.1) is 27.2 Å². The van der Waals surface area contributed by atoms with E-state index < -0.39 is 40.3 Å². The number of methoxy groups -OCH3 is 1. The summed E-state index contributed by atoms with van der Waals surface area (Å²) in [7, 11) is -3.07. The number of ketones is 1. The minimum absolute atomic E-state index is 0.0139. The van der Waals surface area contributed by atoms with Gasteiger partial charge in [-0.1, -0.05) is 24.3 Å². The Morgan fingerprint density at radius 1 is 0.932 bits per heavy atom. The highest BCUT2D eigenvalue weighted by atomic mass is 31.2. The minimum Gasteiger partial charge on any atom is -0.383 e. The summed E-state index contributed by atoms with van der Waals surface area (Å²) in [6, 6.07) is 11.3. The Morgan fingerprint density at radius 2 is 1.41 bits per heavy atom. The molecule has 0 spiro atoms. The lowest BCUT2D eigenvalue weighted by atomic mass is 10.1. The molecular formula is C27H32N5O11P. The van der Waals surface area contributed by atoms with Crippen LogP contribution in [0.15, 0.2) is 64.3 Å². The molecule has 0 aliphatic carbocycles. The first-order valence-electron chi connectivity index (χ1n) is 13.3. The number of hydrogen-bond acceptors (Lipinski definition) is 12. The molecular weight excluding hydrogens is 601 g/mol. The maximum atomic E-state index is 14.5. The van der Waals surface area contributed by atoms with Crippen molar-refractivity contribution in [3.05, 3.63) is 112 Å². The van der Waals surface area contributed by atoms with E-state index >= 15 is 0 Å². The number of aryl methyl sites for hydroxylation is 1. The number of aromatic nitrogens is 2. The average molecular weight is 634 g/mol. The molecule has 3 rings (SSSR count). The van der Waals surface area contributed by atoms with Crippen LogP contribution in [0.2, 0.25) is 0 Å². The van der Waals surface area contributed by atoms with E-state index in [1.165, 1.54) is 68.8 Å². The summed E-state index contributed by atoms with van der Waals surface area (Å²) < 4.78 is 32.3. The van der Waals surface area contributed by atoms with Gasteiger partial charge in [0.15, 0.2) is 5.78 Å². The highest BCUT2D eigenvalue weighted by molar-refractivity contribution is 7.55. The Morgan fingerprint density at radius 3 is 1.82 bits per heavy atom. The number of nitrogens with zero attached hydrogens (tertiary/aromatic N) is 4. The molecule has 1 N–H and O–H groups in total. The van der Waals surface area contributed by atoms with Crippen molar-refractivity contribution in [1.82, 2.24) is 9.66 Å². The Hall–Kier alpha value is -4.50. The number of benzene rings is 2. The van der Waals surface area contributed by atoms with Gasteiger partial charge in [0, 0.05) is 43.1 Å². The van der Waals surface area contributed by atoms with Crippen molar-refractivity contribution in [1.29, 1.82) is 0 Å². The highest BCUT2D eigenvalue weighted by Gasteiger charge is 2.45. The van der Waals surface area contributed by atoms with Gasteiger partial charge in [-0.05, 0) is 37.8 Å². The molecule has 16 nitrogen and oxygen atoms in total. The molecule has 0 aliphatic heterocycles. The van der Waals surface area contributed by atoms with Crippen LogP contribution < -0.4 is 16.3 Å². The van der Waals surface area contributed by atoms with Crippen molar-refractivity contribution < 1.29 is 33.0 Å². The summed E-state index contributed by atoms with van der Waals surface area (Å²) >= 11 is 0. The maximum absolute atomic E-state index is 14.5.